The molecule has 0 radical (unpaired) electrons. The Bertz CT molecular complexity index is 1430. The average molecular weight is 502 g/mol. The number of esters is 1. The number of aromatic nitrogens is 2. The molecule has 0 N–H and O–H groups in total. The molecule has 2 aromatic heterocycles. The number of hydrogen-bond donors (Lipinski definition) is 0. The van der Waals surface area contributed by atoms with Crippen molar-refractivity contribution in [1.29, 1.82) is 5.26 Å². The third kappa shape index (κ3) is 5.17. The van der Waals surface area contributed by atoms with E-state index >= 15 is 0 Å². The fraction of sp³-hybridized carbons (Fsp3) is 0.345. The van der Waals surface area contributed by atoms with Crippen LogP contribution in [0, 0.1) is 39.0 Å². The molecule has 0 atom stereocenters. The number of nitriles is 1. The minimum atomic E-state index is -0.822. The average Bonchev–Trinajstić information content (AvgIpc) is 3.34. The van der Waals surface area contributed by atoms with E-state index in [1.807, 2.05) is 62.6 Å². The van der Waals surface area contributed by atoms with Crippen LogP contribution in [0.2, 0.25) is 0 Å². The molecular formula is C29H31N3O5. The number of fused-ring (bicyclic) bond motifs is 1. The van der Waals surface area contributed by atoms with Crippen molar-refractivity contribution in [2.24, 2.45) is 0 Å². The van der Waals surface area contributed by atoms with Gasteiger partial charge >= 0.3 is 5.97 Å². The molecule has 1 aromatic carbocycles. The summed E-state index contributed by atoms with van der Waals surface area (Å²) in [5, 5.41) is 9.57. The lowest BCUT2D eigenvalue weighted by atomic mass is 10.1. The Labute approximate surface area is 216 Å². The van der Waals surface area contributed by atoms with Crippen LogP contribution in [0.5, 0.6) is 11.5 Å². The molecule has 3 heterocycles. The van der Waals surface area contributed by atoms with Gasteiger partial charge in [0.1, 0.15) is 24.9 Å². The standard InChI is InChI=1S/C29H31N3O5/c1-6-9-31-18(2)12-22(20(31)4)14-23(16-30)29(34)37-17-26(33)25-13-19(3)32(21(25)5)24-7-8-27-28(15-24)36-11-10-35-27/h7-8,12-15H,6,9-11,17H2,1-5H3. The monoisotopic (exact) mass is 501 g/mol. The minimum Gasteiger partial charge on any atom is -0.486 e. The van der Waals surface area contributed by atoms with Crippen LogP contribution in [0.25, 0.3) is 11.8 Å². The highest BCUT2D eigenvalue weighted by molar-refractivity contribution is 6.02. The van der Waals surface area contributed by atoms with E-state index in [0.29, 0.717) is 30.3 Å². The van der Waals surface area contributed by atoms with E-state index in [9.17, 15) is 14.9 Å². The summed E-state index contributed by atoms with van der Waals surface area (Å²) in [7, 11) is 0. The molecule has 8 nitrogen and oxygen atoms in total. The van der Waals surface area contributed by atoms with Crippen LogP contribution >= 0.6 is 0 Å². The molecule has 0 amide bonds. The zero-order valence-electron chi connectivity index (χ0n) is 21.9. The normalized spacial score (nSPS) is 12.8. The van der Waals surface area contributed by atoms with E-state index in [1.165, 1.54) is 6.08 Å². The number of rotatable bonds is 8. The van der Waals surface area contributed by atoms with E-state index in [2.05, 4.69) is 11.5 Å². The highest BCUT2D eigenvalue weighted by Gasteiger charge is 2.21. The largest absolute Gasteiger partial charge is 0.486 e. The molecule has 3 aromatic rings. The molecular weight excluding hydrogens is 470 g/mol. The summed E-state index contributed by atoms with van der Waals surface area (Å²) in [6.45, 7) is 11.2. The molecule has 0 spiro atoms. The van der Waals surface area contributed by atoms with Crippen molar-refractivity contribution in [3.05, 3.63) is 69.8 Å². The van der Waals surface area contributed by atoms with Gasteiger partial charge < -0.3 is 23.3 Å². The Morgan fingerprint density at radius 2 is 1.76 bits per heavy atom. The second kappa shape index (κ2) is 10.8. The molecule has 0 aliphatic carbocycles. The summed E-state index contributed by atoms with van der Waals surface area (Å²) in [6.07, 6.45) is 2.50. The Balaban J connectivity index is 1.49. The number of carbonyl (C=O) groups is 2. The molecule has 0 bridgehead atoms. The van der Waals surface area contributed by atoms with Gasteiger partial charge in [-0.05, 0) is 70.0 Å². The van der Waals surface area contributed by atoms with Crippen molar-refractivity contribution in [1.82, 2.24) is 9.13 Å². The zero-order valence-corrected chi connectivity index (χ0v) is 21.9. The first-order valence-corrected chi connectivity index (χ1v) is 12.3. The Kier molecular flexibility index (Phi) is 7.53. The van der Waals surface area contributed by atoms with Crippen LogP contribution < -0.4 is 9.47 Å². The number of benzene rings is 1. The van der Waals surface area contributed by atoms with Crippen LogP contribution in [0.4, 0.5) is 0 Å². The molecule has 0 saturated carbocycles. The van der Waals surface area contributed by atoms with E-state index in [0.717, 1.165) is 47.0 Å². The third-order valence-corrected chi connectivity index (χ3v) is 6.55. The maximum Gasteiger partial charge on any atom is 0.349 e. The fourth-order valence-corrected chi connectivity index (χ4v) is 4.73. The topological polar surface area (TPSA) is 95.5 Å². The zero-order chi connectivity index (χ0) is 26.7. The number of Topliss-reactive ketones (excluding diaryl/α,β-unsaturated/α-hetero) is 1. The molecule has 0 unspecified atom stereocenters. The Morgan fingerprint density at radius 3 is 2.46 bits per heavy atom. The first-order valence-electron chi connectivity index (χ1n) is 12.3. The van der Waals surface area contributed by atoms with Crippen LogP contribution in [0.15, 0.2) is 35.9 Å². The van der Waals surface area contributed by atoms with E-state index in [1.54, 1.807) is 6.07 Å². The molecule has 0 saturated heterocycles. The summed E-state index contributed by atoms with van der Waals surface area (Å²) < 4.78 is 20.6. The second-order valence-electron chi connectivity index (χ2n) is 9.10. The van der Waals surface area contributed by atoms with Crippen molar-refractivity contribution in [2.75, 3.05) is 19.8 Å². The summed E-state index contributed by atoms with van der Waals surface area (Å²) in [6, 6.07) is 11.3. The van der Waals surface area contributed by atoms with Gasteiger partial charge in [-0.2, -0.15) is 5.26 Å². The maximum absolute atomic E-state index is 13.0. The number of ketones is 1. The SMILES string of the molecule is CCCn1c(C)cc(C=C(C#N)C(=O)OCC(=O)c2cc(C)n(-c3ccc4c(c3)OCCO4)c2C)c1C. The number of nitrogens with zero attached hydrogens (tertiary/aromatic N) is 3. The molecule has 0 fully saturated rings. The van der Waals surface area contributed by atoms with Crippen LogP contribution in [0.1, 0.15) is 52.0 Å². The number of aryl methyl sites for hydroxylation is 2. The predicted octanol–water partition coefficient (Wildman–Crippen LogP) is 5.03. The number of carbonyl (C=O) groups excluding carboxylic acids is 2. The van der Waals surface area contributed by atoms with Gasteiger partial charge in [0.15, 0.2) is 18.1 Å². The lowest BCUT2D eigenvalue weighted by molar-refractivity contribution is -0.137. The minimum absolute atomic E-state index is 0.147. The van der Waals surface area contributed by atoms with Gasteiger partial charge in [-0.15, -0.1) is 0 Å². The smallest absolute Gasteiger partial charge is 0.349 e. The predicted molar refractivity (Wildman–Crippen MR) is 139 cm³/mol. The van der Waals surface area contributed by atoms with Gasteiger partial charge in [0, 0.05) is 46.6 Å². The third-order valence-electron chi connectivity index (χ3n) is 6.55. The molecule has 37 heavy (non-hydrogen) atoms. The van der Waals surface area contributed by atoms with Crippen LogP contribution in [0.3, 0.4) is 0 Å². The van der Waals surface area contributed by atoms with Crippen LogP contribution in [-0.4, -0.2) is 40.7 Å². The summed E-state index contributed by atoms with van der Waals surface area (Å²) >= 11 is 0. The summed E-state index contributed by atoms with van der Waals surface area (Å²) in [4.78, 5) is 25.7. The summed E-state index contributed by atoms with van der Waals surface area (Å²) in [5.41, 5.74) is 5.53. The highest BCUT2D eigenvalue weighted by Crippen LogP contribution is 2.33. The van der Waals surface area contributed by atoms with Crippen molar-refractivity contribution < 1.29 is 23.8 Å². The summed E-state index contributed by atoms with van der Waals surface area (Å²) in [5.74, 6) is 0.180. The number of hydrogen-bond acceptors (Lipinski definition) is 6. The van der Waals surface area contributed by atoms with Crippen molar-refractivity contribution >= 4 is 17.8 Å². The van der Waals surface area contributed by atoms with Gasteiger partial charge in [-0.1, -0.05) is 6.92 Å². The fourth-order valence-electron chi connectivity index (χ4n) is 4.73. The van der Waals surface area contributed by atoms with E-state index in [4.69, 9.17) is 14.2 Å². The molecule has 192 valence electrons. The Morgan fingerprint density at radius 1 is 1.03 bits per heavy atom. The first kappa shape index (κ1) is 25.8. The Hall–Kier alpha value is -4.25. The highest BCUT2D eigenvalue weighted by atomic mass is 16.6. The van der Waals surface area contributed by atoms with E-state index < -0.39 is 12.6 Å². The molecule has 4 rings (SSSR count). The number of ether oxygens (including phenoxy) is 3. The lowest BCUT2D eigenvalue weighted by Crippen LogP contribution is -2.16. The maximum atomic E-state index is 13.0. The van der Waals surface area contributed by atoms with Gasteiger partial charge in [0.25, 0.3) is 0 Å². The quantitative estimate of drug-likeness (QED) is 0.186. The first-order chi connectivity index (χ1) is 17.7. The molecule has 8 heteroatoms. The van der Waals surface area contributed by atoms with Gasteiger partial charge in [-0.25, -0.2) is 4.79 Å². The van der Waals surface area contributed by atoms with Gasteiger partial charge in [0.2, 0.25) is 5.78 Å². The van der Waals surface area contributed by atoms with Crippen molar-refractivity contribution in [3.8, 4) is 23.3 Å². The van der Waals surface area contributed by atoms with Crippen LogP contribution in [-0.2, 0) is 16.1 Å². The van der Waals surface area contributed by atoms with E-state index in [-0.39, 0.29) is 11.4 Å². The molecule has 1 aliphatic rings. The van der Waals surface area contributed by atoms with Crippen molar-refractivity contribution in [3.63, 3.8) is 0 Å². The van der Waals surface area contributed by atoms with Gasteiger partial charge in [-0.3, -0.25) is 4.79 Å². The lowest BCUT2D eigenvalue weighted by Gasteiger charge is -2.20. The van der Waals surface area contributed by atoms with Crippen molar-refractivity contribution in [2.45, 2.75) is 47.6 Å². The molecule has 1 aliphatic heterocycles. The van der Waals surface area contributed by atoms with Gasteiger partial charge in [0.05, 0.1) is 0 Å². The second-order valence-corrected chi connectivity index (χ2v) is 9.10.